The Kier molecular flexibility index (Phi) is 4.27. The van der Waals surface area contributed by atoms with Crippen LogP contribution < -0.4 is 5.32 Å². The van der Waals surface area contributed by atoms with Gasteiger partial charge in [0.2, 0.25) is 11.1 Å². The van der Waals surface area contributed by atoms with Crippen molar-refractivity contribution < 1.29 is 9.53 Å². The first kappa shape index (κ1) is 17.2. The van der Waals surface area contributed by atoms with Crippen molar-refractivity contribution in [1.82, 2.24) is 20.5 Å². The van der Waals surface area contributed by atoms with Gasteiger partial charge in [-0.2, -0.15) is 5.10 Å². The monoisotopic (exact) mass is 362 g/mol. The van der Waals surface area contributed by atoms with Crippen LogP contribution in [0, 0.1) is 5.41 Å². The average molecular weight is 362 g/mol. The third-order valence-electron chi connectivity index (χ3n) is 6.66. The summed E-state index contributed by atoms with van der Waals surface area (Å²) >= 11 is 1.37. The summed E-state index contributed by atoms with van der Waals surface area (Å²) in [7, 11) is 0. The van der Waals surface area contributed by atoms with Gasteiger partial charge in [0.05, 0.1) is 23.2 Å². The molecule has 1 aromatic rings. The van der Waals surface area contributed by atoms with Crippen molar-refractivity contribution in [1.29, 1.82) is 0 Å². The second-order valence-corrected chi connectivity index (χ2v) is 9.14. The van der Waals surface area contributed by atoms with Gasteiger partial charge in [0.1, 0.15) is 0 Å². The Morgan fingerprint density at radius 1 is 1.32 bits per heavy atom. The molecule has 3 unspecified atom stereocenters. The zero-order valence-electron chi connectivity index (χ0n) is 15.2. The Morgan fingerprint density at radius 2 is 2.16 bits per heavy atom. The molecule has 2 heterocycles. The van der Waals surface area contributed by atoms with Crippen LogP contribution in [0.25, 0.3) is 0 Å². The molecule has 1 aromatic heterocycles. The normalized spacial score (nSPS) is 32.0. The fourth-order valence-electron chi connectivity index (χ4n) is 4.64. The molecule has 1 saturated carbocycles. The van der Waals surface area contributed by atoms with E-state index in [0.29, 0.717) is 23.4 Å². The van der Waals surface area contributed by atoms with E-state index in [4.69, 9.17) is 9.72 Å². The van der Waals surface area contributed by atoms with Gasteiger partial charge in [-0.1, -0.05) is 32.5 Å². The number of ether oxygens (including phenoxy) is 1. The smallest absolute Gasteiger partial charge is 0.230 e. The zero-order valence-corrected chi connectivity index (χ0v) is 16.0. The molecule has 25 heavy (non-hydrogen) atoms. The molecule has 1 aliphatic heterocycles. The van der Waals surface area contributed by atoms with Gasteiger partial charge in [-0.25, -0.2) is 4.98 Å². The number of carbonyl (C=O) groups is 1. The summed E-state index contributed by atoms with van der Waals surface area (Å²) in [6, 6.07) is 0. The summed E-state index contributed by atoms with van der Waals surface area (Å²) in [6.07, 6.45) is 4.61. The Hall–Kier alpha value is -1.21. The number of nitrogens with one attached hydrogen (secondary N) is 1. The van der Waals surface area contributed by atoms with Gasteiger partial charge in [0.25, 0.3) is 0 Å². The highest BCUT2D eigenvalue weighted by Crippen LogP contribution is 2.66. The number of fused-ring (bicyclic) bond motifs is 5. The van der Waals surface area contributed by atoms with E-state index in [1.54, 1.807) is 0 Å². The van der Waals surface area contributed by atoms with E-state index in [-0.39, 0.29) is 22.8 Å². The number of aromatic nitrogens is 3. The van der Waals surface area contributed by atoms with Crippen molar-refractivity contribution >= 4 is 17.7 Å². The number of hydrogen-bond acceptors (Lipinski definition) is 6. The molecule has 2 fully saturated rings. The van der Waals surface area contributed by atoms with Crippen LogP contribution in [0.15, 0.2) is 5.16 Å². The lowest BCUT2D eigenvalue weighted by molar-refractivity contribution is -0.119. The Balaban J connectivity index is 1.38. The lowest BCUT2D eigenvalue weighted by atomic mass is 9.70. The molecule has 2 aliphatic carbocycles. The number of hydrogen-bond donors (Lipinski definition) is 1. The van der Waals surface area contributed by atoms with Crippen molar-refractivity contribution in [2.45, 2.75) is 69.0 Å². The fourth-order valence-corrected chi connectivity index (χ4v) is 5.25. The summed E-state index contributed by atoms with van der Waals surface area (Å²) in [5, 5.41) is 12.3. The third kappa shape index (κ3) is 2.76. The zero-order chi connectivity index (χ0) is 17.7. The maximum Gasteiger partial charge on any atom is 0.230 e. The van der Waals surface area contributed by atoms with Gasteiger partial charge < -0.3 is 10.1 Å². The predicted octanol–water partition coefficient (Wildman–Crippen LogP) is 2.43. The fraction of sp³-hybridized carbons (Fsp3) is 0.778. The summed E-state index contributed by atoms with van der Waals surface area (Å²) in [6.45, 7) is 8.34. The minimum absolute atomic E-state index is 0.00217. The second-order valence-electron chi connectivity index (χ2n) is 8.20. The van der Waals surface area contributed by atoms with E-state index in [1.807, 2.05) is 0 Å². The number of nitrogens with zero attached hydrogens (tertiary/aromatic N) is 3. The first-order chi connectivity index (χ1) is 11.9. The van der Waals surface area contributed by atoms with Crippen molar-refractivity contribution in [2.24, 2.45) is 5.41 Å². The van der Waals surface area contributed by atoms with E-state index in [9.17, 15) is 4.79 Å². The molecule has 4 rings (SSSR count). The van der Waals surface area contributed by atoms with E-state index in [2.05, 4.69) is 36.3 Å². The molecule has 0 radical (unpaired) electrons. The standard InChI is InChI=1S/C18H26N4O2S/c1-17(2)12-6-7-18(17,3)15-14(12)21-22-16(20-15)25-10-13(23)19-9-11-5-4-8-24-11/h11-12H,4-10H2,1-3H3,(H,19,23). The predicted molar refractivity (Wildman–Crippen MR) is 95.6 cm³/mol. The number of rotatable bonds is 5. The minimum Gasteiger partial charge on any atom is -0.376 e. The van der Waals surface area contributed by atoms with Gasteiger partial charge >= 0.3 is 0 Å². The van der Waals surface area contributed by atoms with Crippen LogP contribution in [0.1, 0.15) is 63.8 Å². The molecule has 2 bridgehead atoms. The molecule has 0 spiro atoms. The molecule has 3 atom stereocenters. The van der Waals surface area contributed by atoms with E-state index >= 15 is 0 Å². The maximum absolute atomic E-state index is 12.0. The van der Waals surface area contributed by atoms with Gasteiger partial charge in [-0.15, -0.1) is 5.10 Å². The summed E-state index contributed by atoms with van der Waals surface area (Å²) < 4.78 is 5.52. The molecular formula is C18H26N4O2S. The highest BCUT2D eigenvalue weighted by atomic mass is 32.2. The van der Waals surface area contributed by atoms with Gasteiger partial charge in [0, 0.05) is 24.5 Å². The van der Waals surface area contributed by atoms with Crippen LogP contribution in [0.4, 0.5) is 0 Å². The van der Waals surface area contributed by atoms with Crippen LogP contribution in [-0.4, -0.2) is 46.1 Å². The SMILES string of the molecule is CC12CCC(c3nnc(SCC(=O)NCC4CCCO4)nc31)C2(C)C. The lowest BCUT2D eigenvalue weighted by Gasteiger charge is -2.33. The van der Waals surface area contributed by atoms with Crippen LogP contribution in [0.5, 0.6) is 0 Å². The number of amides is 1. The Bertz CT molecular complexity index is 690. The number of thioether (sulfide) groups is 1. The lowest BCUT2D eigenvalue weighted by Crippen LogP contribution is -2.33. The number of carbonyl (C=O) groups excluding carboxylic acids is 1. The summed E-state index contributed by atoms with van der Waals surface area (Å²) in [5.41, 5.74) is 2.43. The first-order valence-electron chi connectivity index (χ1n) is 9.18. The molecule has 7 heteroatoms. The Morgan fingerprint density at radius 3 is 2.92 bits per heavy atom. The molecule has 1 saturated heterocycles. The summed E-state index contributed by atoms with van der Waals surface area (Å²) in [4.78, 5) is 16.8. The van der Waals surface area contributed by atoms with Crippen LogP contribution in [0.2, 0.25) is 0 Å². The van der Waals surface area contributed by atoms with Crippen LogP contribution >= 0.6 is 11.8 Å². The van der Waals surface area contributed by atoms with E-state index in [0.717, 1.165) is 37.3 Å². The van der Waals surface area contributed by atoms with Crippen molar-refractivity contribution in [3.8, 4) is 0 Å². The maximum atomic E-state index is 12.0. The highest BCUT2D eigenvalue weighted by Gasteiger charge is 2.61. The van der Waals surface area contributed by atoms with Crippen LogP contribution in [0.3, 0.4) is 0 Å². The molecule has 6 nitrogen and oxygen atoms in total. The van der Waals surface area contributed by atoms with Gasteiger partial charge in [-0.05, 0) is 31.1 Å². The van der Waals surface area contributed by atoms with Gasteiger partial charge in [0.15, 0.2) is 0 Å². The Labute approximate surface area is 152 Å². The minimum atomic E-state index is -0.00217. The molecule has 0 aromatic carbocycles. The van der Waals surface area contributed by atoms with Crippen molar-refractivity contribution in [3.63, 3.8) is 0 Å². The molecule has 1 amide bonds. The summed E-state index contributed by atoms with van der Waals surface area (Å²) in [5.74, 6) is 0.774. The molecular weight excluding hydrogens is 336 g/mol. The second kappa shape index (κ2) is 6.20. The largest absolute Gasteiger partial charge is 0.376 e. The molecule has 1 N–H and O–H groups in total. The quantitative estimate of drug-likeness (QED) is 0.811. The van der Waals surface area contributed by atoms with Crippen molar-refractivity contribution in [3.05, 3.63) is 11.4 Å². The highest BCUT2D eigenvalue weighted by molar-refractivity contribution is 7.99. The molecule has 136 valence electrons. The molecule has 3 aliphatic rings. The third-order valence-corrected chi connectivity index (χ3v) is 7.49. The topological polar surface area (TPSA) is 77.0 Å². The van der Waals surface area contributed by atoms with Gasteiger partial charge in [-0.3, -0.25) is 4.79 Å². The van der Waals surface area contributed by atoms with E-state index in [1.165, 1.54) is 18.2 Å². The first-order valence-corrected chi connectivity index (χ1v) is 10.2. The average Bonchev–Trinajstić information content (AvgIpc) is 3.23. The van der Waals surface area contributed by atoms with Crippen molar-refractivity contribution in [2.75, 3.05) is 18.9 Å². The van der Waals surface area contributed by atoms with Crippen LogP contribution in [-0.2, 0) is 14.9 Å². The van der Waals surface area contributed by atoms with E-state index < -0.39 is 0 Å².